The molecule has 1 aliphatic carbocycles. The van der Waals surface area contributed by atoms with Gasteiger partial charge in [-0.15, -0.1) is 0 Å². The third-order valence-corrected chi connectivity index (χ3v) is 5.27. The number of carbonyl (C=O) groups is 4. The van der Waals surface area contributed by atoms with E-state index >= 15 is 0 Å². The van der Waals surface area contributed by atoms with Crippen molar-refractivity contribution in [2.24, 2.45) is 11.8 Å². The molecule has 1 aromatic carbocycles. The SMILES string of the molecule is CCc1ccc(C(=O)COC(=O)CN2C(=O)[C@H]3CCCC[C@@H]3C2=O)cc1. The molecule has 0 aromatic heterocycles. The predicted molar refractivity (Wildman–Crippen MR) is 93.3 cm³/mol. The van der Waals surface area contributed by atoms with E-state index in [9.17, 15) is 19.2 Å². The topological polar surface area (TPSA) is 80.8 Å². The van der Waals surface area contributed by atoms with Crippen LogP contribution in [0.5, 0.6) is 0 Å². The summed E-state index contributed by atoms with van der Waals surface area (Å²) in [5.74, 6) is -2.18. The van der Waals surface area contributed by atoms with Gasteiger partial charge in [-0.05, 0) is 24.8 Å². The van der Waals surface area contributed by atoms with Gasteiger partial charge < -0.3 is 4.74 Å². The molecule has 0 radical (unpaired) electrons. The van der Waals surface area contributed by atoms with Gasteiger partial charge in [-0.3, -0.25) is 24.1 Å². The molecule has 1 saturated heterocycles. The van der Waals surface area contributed by atoms with E-state index < -0.39 is 19.1 Å². The van der Waals surface area contributed by atoms with Crippen molar-refractivity contribution in [3.8, 4) is 0 Å². The van der Waals surface area contributed by atoms with Crippen molar-refractivity contribution in [2.75, 3.05) is 13.2 Å². The summed E-state index contributed by atoms with van der Waals surface area (Å²) in [5.41, 5.74) is 1.58. The average Bonchev–Trinajstić information content (AvgIpc) is 2.91. The van der Waals surface area contributed by atoms with Crippen molar-refractivity contribution in [2.45, 2.75) is 39.0 Å². The van der Waals surface area contributed by atoms with Crippen LogP contribution in [0.2, 0.25) is 0 Å². The Morgan fingerprint density at radius 1 is 1.04 bits per heavy atom. The van der Waals surface area contributed by atoms with Crippen molar-refractivity contribution >= 4 is 23.6 Å². The van der Waals surface area contributed by atoms with E-state index in [1.807, 2.05) is 19.1 Å². The van der Waals surface area contributed by atoms with Gasteiger partial charge in [0.1, 0.15) is 6.54 Å². The standard InChI is InChI=1S/C20H23NO5/c1-2-13-7-9-14(10-8-13)17(22)12-26-18(23)11-21-19(24)15-5-3-4-6-16(15)20(21)25/h7-10,15-16H,2-6,11-12H2,1H3/t15-,16-/m0/s1. The highest BCUT2D eigenvalue weighted by atomic mass is 16.5. The van der Waals surface area contributed by atoms with Gasteiger partial charge in [0.2, 0.25) is 11.8 Å². The molecule has 2 fully saturated rings. The van der Waals surface area contributed by atoms with Crippen LogP contribution in [0.3, 0.4) is 0 Å². The molecule has 0 spiro atoms. The molecule has 26 heavy (non-hydrogen) atoms. The molecule has 138 valence electrons. The number of nitrogens with zero attached hydrogens (tertiary/aromatic N) is 1. The largest absolute Gasteiger partial charge is 0.456 e. The quantitative estimate of drug-likeness (QED) is 0.443. The highest BCUT2D eigenvalue weighted by Gasteiger charge is 2.48. The van der Waals surface area contributed by atoms with Crippen LogP contribution in [-0.2, 0) is 25.5 Å². The number of ether oxygens (including phenoxy) is 1. The molecule has 2 atom stereocenters. The number of imide groups is 1. The van der Waals surface area contributed by atoms with E-state index in [1.54, 1.807) is 12.1 Å². The predicted octanol–water partition coefficient (Wildman–Crippen LogP) is 2.15. The molecular formula is C20H23NO5. The molecule has 1 aliphatic heterocycles. The molecular weight excluding hydrogens is 334 g/mol. The normalized spacial score (nSPS) is 22.3. The number of benzene rings is 1. The zero-order chi connectivity index (χ0) is 18.7. The minimum absolute atomic E-state index is 0.280. The number of fused-ring (bicyclic) bond motifs is 1. The molecule has 0 bridgehead atoms. The van der Waals surface area contributed by atoms with Crippen molar-refractivity contribution in [1.82, 2.24) is 4.90 Å². The summed E-state index contributed by atoms with van der Waals surface area (Å²) in [6.45, 7) is 1.22. The van der Waals surface area contributed by atoms with E-state index in [-0.39, 0.29) is 29.4 Å². The lowest BCUT2D eigenvalue weighted by Gasteiger charge is -2.19. The third-order valence-electron chi connectivity index (χ3n) is 5.27. The minimum Gasteiger partial charge on any atom is -0.456 e. The first-order valence-electron chi connectivity index (χ1n) is 9.14. The number of rotatable bonds is 6. The first-order valence-corrected chi connectivity index (χ1v) is 9.14. The molecule has 0 unspecified atom stereocenters. The number of carbonyl (C=O) groups excluding carboxylic acids is 4. The van der Waals surface area contributed by atoms with Crippen molar-refractivity contribution in [1.29, 1.82) is 0 Å². The van der Waals surface area contributed by atoms with Gasteiger partial charge in [-0.2, -0.15) is 0 Å². The first-order chi connectivity index (χ1) is 12.5. The lowest BCUT2D eigenvalue weighted by molar-refractivity contribution is -0.152. The summed E-state index contributed by atoms with van der Waals surface area (Å²) in [7, 11) is 0. The Morgan fingerprint density at radius 2 is 1.62 bits per heavy atom. The van der Waals surface area contributed by atoms with Gasteiger partial charge in [0.05, 0.1) is 11.8 Å². The fourth-order valence-corrected chi connectivity index (χ4v) is 3.72. The van der Waals surface area contributed by atoms with Gasteiger partial charge in [-0.25, -0.2) is 0 Å². The highest BCUT2D eigenvalue weighted by molar-refractivity contribution is 6.07. The zero-order valence-corrected chi connectivity index (χ0v) is 14.9. The smallest absolute Gasteiger partial charge is 0.326 e. The van der Waals surface area contributed by atoms with Crippen LogP contribution >= 0.6 is 0 Å². The molecule has 6 nitrogen and oxygen atoms in total. The van der Waals surface area contributed by atoms with Crippen molar-refractivity contribution in [3.63, 3.8) is 0 Å². The van der Waals surface area contributed by atoms with Crippen molar-refractivity contribution in [3.05, 3.63) is 35.4 Å². The van der Waals surface area contributed by atoms with Crippen LogP contribution < -0.4 is 0 Å². The second kappa shape index (κ2) is 7.81. The maximum absolute atomic E-state index is 12.3. The fourth-order valence-electron chi connectivity index (χ4n) is 3.72. The van der Waals surface area contributed by atoms with Gasteiger partial charge in [-0.1, -0.05) is 44.0 Å². The Labute approximate surface area is 152 Å². The minimum atomic E-state index is -0.733. The van der Waals surface area contributed by atoms with Gasteiger partial charge in [0.25, 0.3) is 0 Å². The summed E-state index contributed by atoms with van der Waals surface area (Å²) in [6.07, 6.45) is 4.15. The lowest BCUT2D eigenvalue weighted by Crippen LogP contribution is -2.37. The summed E-state index contributed by atoms with van der Waals surface area (Å²) >= 11 is 0. The van der Waals surface area contributed by atoms with E-state index in [0.29, 0.717) is 18.4 Å². The number of hydrogen-bond acceptors (Lipinski definition) is 5. The monoisotopic (exact) mass is 357 g/mol. The third kappa shape index (κ3) is 3.69. The second-order valence-corrected chi connectivity index (χ2v) is 6.89. The van der Waals surface area contributed by atoms with Crippen LogP contribution in [0, 0.1) is 11.8 Å². The van der Waals surface area contributed by atoms with E-state index in [4.69, 9.17) is 4.74 Å². The molecule has 3 rings (SSSR count). The summed E-state index contributed by atoms with van der Waals surface area (Å²) < 4.78 is 4.99. The number of likely N-dealkylation sites (tertiary alicyclic amines) is 1. The zero-order valence-electron chi connectivity index (χ0n) is 14.9. The molecule has 0 N–H and O–H groups in total. The molecule has 2 aliphatic rings. The molecule has 2 amide bonds. The average molecular weight is 357 g/mol. The van der Waals surface area contributed by atoms with E-state index in [2.05, 4.69) is 0 Å². The lowest BCUT2D eigenvalue weighted by atomic mass is 9.81. The number of Topliss-reactive ketones (excluding diaryl/α,β-unsaturated/α-hetero) is 1. The molecule has 1 aromatic rings. The van der Waals surface area contributed by atoms with Crippen LogP contribution in [0.15, 0.2) is 24.3 Å². The van der Waals surface area contributed by atoms with Crippen LogP contribution in [-0.4, -0.2) is 41.6 Å². The fraction of sp³-hybridized carbons (Fsp3) is 0.500. The number of amides is 2. The van der Waals surface area contributed by atoms with Crippen LogP contribution in [0.25, 0.3) is 0 Å². The van der Waals surface area contributed by atoms with E-state index in [0.717, 1.165) is 29.7 Å². The maximum Gasteiger partial charge on any atom is 0.326 e. The molecule has 1 heterocycles. The Morgan fingerprint density at radius 3 is 2.15 bits per heavy atom. The summed E-state index contributed by atoms with van der Waals surface area (Å²) in [4.78, 5) is 49.8. The second-order valence-electron chi connectivity index (χ2n) is 6.89. The number of esters is 1. The van der Waals surface area contributed by atoms with Gasteiger partial charge in [0.15, 0.2) is 12.4 Å². The first kappa shape index (κ1) is 18.3. The van der Waals surface area contributed by atoms with E-state index in [1.165, 1.54) is 0 Å². The van der Waals surface area contributed by atoms with Gasteiger partial charge >= 0.3 is 5.97 Å². The maximum atomic E-state index is 12.3. The summed E-state index contributed by atoms with van der Waals surface area (Å²) in [5, 5.41) is 0. The Bertz CT molecular complexity index is 700. The Kier molecular flexibility index (Phi) is 5.49. The number of ketones is 1. The van der Waals surface area contributed by atoms with Gasteiger partial charge in [0, 0.05) is 5.56 Å². The molecule has 6 heteroatoms. The highest BCUT2D eigenvalue weighted by Crippen LogP contribution is 2.37. The molecule has 1 saturated carbocycles. The number of aryl methyl sites for hydroxylation is 1. The van der Waals surface area contributed by atoms with Crippen LogP contribution in [0.1, 0.15) is 48.5 Å². The van der Waals surface area contributed by atoms with Crippen molar-refractivity contribution < 1.29 is 23.9 Å². The van der Waals surface area contributed by atoms with Crippen LogP contribution in [0.4, 0.5) is 0 Å². The number of hydrogen-bond donors (Lipinski definition) is 0. The summed E-state index contributed by atoms with van der Waals surface area (Å²) in [6, 6.07) is 7.12. The Hall–Kier alpha value is -2.50. The Balaban J connectivity index is 1.53.